The van der Waals surface area contributed by atoms with Crippen LogP contribution >= 0.6 is 0 Å². The molecule has 0 spiro atoms. The fourth-order valence-electron chi connectivity index (χ4n) is 1.92. The average Bonchev–Trinajstić information content (AvgIpc) is 2.59. The maximum atomic E-state index is 12.6. The highest BCUT2D eigenvalue weighted by molar-refractivity contribution is 6.02. The molecule has 0 saturated carbocycles. The zero-order valence-electron chi connectivity index (χ0n) is 10.1. The molecule has 0 aromatic carbocycles. The summed E-state index contributed by atoms with van der Waals surface area (Å²) < 4.78 is 37.7. The second-order valence-corrected chi connectivity index (χ2v) is 4.43. The molecule has 2 heterocycles. The highest BCUT2D eigenvalue weighted by atomic mass is 19.4. The van der Waals surface area contributed by atoms with Gasteiger partial charge in [-0.1, -0.05) is 5.16 Å². The molecule has 8 heteroatoms. The number of halogens is 3. The minimum Gasteiger partial charge on any atom is -0.350 e. The molecule has 0 bridgehead atoms. The Morgan fingerprint density at radius 3 is 2.58 bits per heavy atom. The summed E-state index contributed by atoms with van der Waals surface area (Å²) >= 11 is 0. The van der Waals surface area contributed by atoms with Crippen LogP contribution in [0.1, 0.15) is 23.2 Å². The van der Waals surface area contributed by atoms with E-state index in [0.29, 0.717) is 11.3 Å². The SMILES string of the molecule is Cc1cc(C)c(C2=NO[C@@](O)(C(F)(F)F)C2)c(=O)[nH]1. The summed E-state index contributed by atoms with van der Waals surface area (Å²) in [6.45, 7) is 3.22. The first kappa shape index (κ1) is 13.6. The van der Waals surface area contributed by atoms with Crippen molar-refractivity contribution in [2.45, 2.75) is 32.2 Å². The predicted octanol–water partition coefficient (Wildman–Crippen LogP) is 1.37. The molecule has 0 radical (unpaired) electrons. The van der Waals surface area contributed by atoms with Gasteiger partial charge in [0.2, 0.25) is 0 Å². The van der Waals surface area contributed by atoms with Crippen LogP contribution in [0.2, 0.25) is 0 Å². The predicted molar refractivity (Wildman–Crippen MR) is 59.8 cm³/mol. The van der Waals surface area contributed by atoms with E-state index in [2.05, 4.69) is 15.0 Å². The molecule has 2 N–H and O–H groups in total. The second-order valence-electron chi connectivity index (χ2n) is 4.43. The van der Waals surface area contributed by atoms with Crippen molar-refractivity contribution in [2.24, 2.45) is 5.16 Å². The Hall–Kier alpha value is -1.83. The van der Waals surface area contributed by atoms with E-state index in [4.69, 9.17) is 0 Å². The summed E-state index contributed by atoms with van der Waals surface area (Å²) in [6, 6.07) is 1.60. The zero-order chi connectivity index (χ0) is 14.4. The highest BCUT2D eigenvalue weighted by Crippen LogP contribution is 2.38. The molecule has 0 amide bonds. The molecular formula is C11H11F3N2O3. The number of hydrogen-bond acceptors (Lipinski definition) is 4. The van der Waals surface area contributed by atoms with Crippen molar-refractivity contribution in [1.29, 1.82) is 0 Å². The minimum atomic E-state index is -4.98. The van der Waals surface area contributed by atoms with E-state index in [-0.39, 0.29) is 11.3 Å². The monoisotopic (exact) mass is 276 g/mol. The third kappa shape index (κ3) is 2.23. The standard InChI is InChI=1S/C11H11F3N2O3/c1-5-3-6(2)15-9(17)8(5)7-4-10(18,19-16-7)11(12,13)14/h3,18H,4H2,1-2H3,(H,15,17)/t10-/m1/s1. The Balaban J connectivity index is 2.40. The van der Waals surface area contributed by atoms with Gasteiger partial charge in [-0.05, 0) is 25.5 Å². The first-order valence-corrected chi connectivity index (χ1v) is 5.39. The van der Waals surface area contributed by atoms with Gasteiger partial charge in [-0.3, -0.25) is 4.79 Å². The van der Waals surface area contributed by atoms with E-state index >= 15 is 0 Å². The van der Waals surface area contributed by atoms with Crippen molar-refractivity contribution in [2.75, 3.05) is 0 Å². The lowest BCUT2D eigenvalue weighted by atomic mass is 10.00. The minimum absolute atomic E-state index is 0.00854. The second kappa shape index (κ2) is 4.09. The van der Waals surface area contributed by atoms with E-state index in [0.717, 1.165) is 0 Å². The number of alkyl halides is 3. The molecule has 0 unspecified atom stereocenters. The van der Waals surface area contributed by atoms with E-state index < -0.39 is 23.9 Å². The van der Waals surface area contributed by atoms with Crippen molar-refractivity contribution < 1.29 is 23.1 Å². The zero-order valence-corrected chi connectivity index (χ0v) is 10.1. The maximum absolute atomic E-state index is 12.6. The number of rotatable bonds is 1. The van der Waals surface area contributed by atoms with E-state index in [1.807, 2.05) is 0 Å². The molecule has 0 aliphatic carbocycles. The normalized spacial score (nSPS) is 23.2. The molecule has 104 valence electrons. The van der Waals surface area contributed by atoms with Crippen molar-refractivity contribution in [1.82, 2.24) is 4.98 Å². The van der Waals surface area contributed by atoms with E-state index in [1.165, 1.54) is 0 Å². The molecule has 2 rings (SSSR count). The molecule has 19 heavy (non-hydrogen) atoms. The number of aliphatic hydroxyl groups is 1. The van der Waals surface area contributed by atoms with Crippen molar-refractivity contribution >= 4 is 5.71 Å². The summed E-state index contributed by atoms with van der Waals surface area (Å²) in [5.74, 6) is -3.37. The van der Waals surface area contributed by atoms with Crippen LogP contribution in [-0.4, -0.2) is 27.8 Å². The lowest BCUT2D eigenvalue weighted by molar-refractivity contribution is -0.355. The number of H-pyrrole nitrogens is 1. The van der Waals surface area contributed by atoms with Gasteiger partial charge in [-0.25, -0.2) is 0 Å². The van der Waals surface area contributed by atoms with Crippen LogP contribution in [-0.2, 0) is 4.84 Å². The Bertz CT molecular complexity index is 606. The third-order valence-corrected chi connectivity index (χ3v) is 2.81. The number of hydrogen-bond donors (Lipinski definition) is 2. The largest absolute Gasteiger partial charge is 0.458 e. The molecule has 0 saturated heterocycles. The fraction of sp³-hybridized carbons (Fsp3) is 0.455. The van der Waals surface area contributed by atoms with Crippen molar-refractivity contribution in [3.63, 3.8) is 0 Å². The first-order valence-electron chi connectivity index (χ1n) is 5.39. The lowest BCUT2D eigenvalue weighted by Crippen LogP contribution is -2.45. The molecule has 1 aliphatic heterocycles. The average molecular weight is 276 g/mol. The number of pyridine rings is 1. The van der Waals surface area contributed by atoms with Crippen molar-refractivity contribution in [3.8, 4) is 0 Å². The number of aromatic nitrogens is 1. The molecule has 5 nitrogen and oxygen atoms in total. The Morgan fingerprint density at radius 2 is 2.11 bits per heavy atom. The van der Waals surface area contributed by atoms with Crippen LogP contribution in [0.3, 0.4) is 0 Å². The smallest absolute Gasteiger partial charge is 0.350 e. The molecule has 1 atom stereocenters. The number of aryl methyl sites for hydroxylation is 2. The summed E-state index contributed by atoms with van der Waals surface area (Å²) in [5, 5.41) is 12.5. The maximum Gasteiger partial charge on any atom is 0.458 e. The topological polar surface area (TPSA) is 74.7 Å². The van der Waals surface area contributed by atoms with Gasteiger partial charge in [0.25, 0.3) is 5.56 Å². The Labute approximate surface area is 105 Å². The van der Waals surface area contributed by atoms with Gasteiger partial charge in [0.15, 0.2) is 0 Å². The molecular weight excluding hydrogens is 265 g/mol. The third-order valence-electron chi connectivity index (χ3n) is 2.81. The van der Waals surface area contributed by atoms with Gasteiger partial charge in [0, 0.05) is 5.69 Å². The van der Waals surface area contributed by atoms with Crippen molar-refractivity contribution in [3.05, 3.63) is 33.2 Å². The molecule has 1 aliphatic rings. The molecule has 1 aromatic heterocycles. The van der Waals surface area contributed by atoms with Crippen LogP contribution in [0.15, 0.2) is 16.0 Å². The van der Waals surface area contributed by atoms with Gasteiger partial charge in [0.05, 0.1) is 17.7 Å². The number of nitrogens with zero attached hydrogens (tertiary/aromatic N) is 1. The number of nitrogens with one attached hydrogen (secondary N) is 1. The number of oxime groups is 1. The summed E-state index contributed by atoms with van der Waals surface area (Å²) in [7, 11) is 0. The molecule has 0 fully saturated rings. The summed E-state index contributed by atoms with van der Waals surface area (Å²) in [6.07, 6.45) is -5.90. The van der Waals surface area contributed by atoms with Crippen LogP contribution in [0, 0.1) is 13.8 Å². The quantitative estimate of drug-likeness (QED) is 0.813. The van der Waals surface area contributed by atoms with Crippen LogP contribution in [0.25, 0.3) is 0 Å². The summed E-state index contributed by atoms with van der Waals surface area (Å²) in [5.41, 5.74) is 0.252. The number of aromatic amines is 1. The molecule has 1 aromatic rings. The highest BCUT2D eigenvalue weighted by Gasteiger charge is 2.60. The van der Waals surface area contributed by atoms with Gasteiger partial charge < -0.3 is 14.9 Å². The van der Waals surface area contributed by atoms with E-state index in [9.17, 15) is 23.1 Å². The Morgan fingerprint density at radius 1 is 1.47 bits per heavy atom. The lowest BCUT2D eigenvalue weighted by Gasteiger charge is -2.22. The Kier molecular flexibility index (Phi) is 2.93. The van der Waals surface area contributed by atoms with Crippen LogP contribution < -0.4 is 5.56 Å². The van der Waals surface area contributed by atoms with Crippen LogP contribution in [0.4, 0.5) is 13.2 Å². The fourth-order valence-corrected chi connectivity index (χ4v) is 1.92. The van der Waals surface area contributed by atoms with Gasteiger partial charge >= 0.3 is 12.0 Å². The van der Waals surface area contributed by atoms with Gasteiger partial charge in [0.1, 0.15) is 0 Å². The summed E-state index contributed by atoms with van der Waals surface area (Å²) in [4.78, 5) is 18.3. The first-order chi connectivity index (χ1) is 8.64. The van der Waals surface area contributed by atoms with Gasteiger partial charge in [-0.15, -0.1) is 0 Å². The van der Waals surface area contributed by atoms with E-state index in [1.54, 1.807) is 19.9 Å². The van der Waals surface area contributed by atoms with Gasteiger partial charge in [-0.2, -0.15) is 13.2 Å². The van der Waals surface area contributed by atoms with Crippen LogP contribution in [0.5, 0.6) is 0 Å².